The third-order valence-electron chi connectivity index (χ3n) is 3.55. The van der Waals surface area contributed by atoms with E-state index in [1.54, 1.807) is 0 Å². The molecule has 0 aliphatic carbocycles. The van der Waals surface area contributed by atoms with Crippen molar-refractivity contribution in [1.29, 1.82) is 0 Å². The van der Waals surface area contributed by atoms with Crippen molar-refractivity contribution in [2.24, 2.45) is 0 Å². The van der Waals surface area contributed by atoms with Crippen LogP contribution in [0, 0.1) is 0 Å². The minimum Gasteiger partial charge on any atom is -0.313 e. The summed E-state index contributed by atoms with van der Waals surface area (Å²) in [5, 5.41) is 3.57. The Kier molecular flexibility index (Phi) is 2.55. The van der Waals surface area contributed by atoms with Crippen LogP contribution in [0.15, 0.2) is 24.5 Å². The summed E-state index contributed by atoms with van der Waals surface area (Å²) >= 11 is 0. The summed E-state index contributed by atoms with van der Waals surface area (Å²) in [6.07, 6.45) is 6.21. The topological polar surface area (TPSA) is 24.9 Å². The molecule has 0 saturated carbocycles. The maximum absolute atomic E-state index is 4.08. The van der Waals surface area contributed by atoms with Crippen molar-refractivity contribution in [2.75, 3.05) is 6.54 Å². The summed E-state index contributed by atoms with van der Waals surface area (Å²) in [6, 6.07) is 4.91. The van der Waals surface area contributed by atoms with E-state index < -0.39 is 0 Å². The van der Waals surface area contributed by atoms with Gasteiger partial charge in [0.25, 0.3) is 0 Å². The van der Waals surface area contributed by atoms with Crippen LogP contribution in [0.3, 0.4) is 0 Å². The van der Waals surface area contributed by atoms with E-state index in [4.69, 9.17) is 0 Å². The molecule has 1 N–H and O–H groups in total. The number of rotatable bonds is 2. The van der Waals surface area contributed by atoms with Gasteiger partial charge in [0.05, 0.1) is 0 Å². The van der Waals surface area contributed by atoms with E-state index in [0.717, 1.165) is 6.54 Å². The van der Waals surface area contributed by atoms with E-state index in [0.29, 0.717) is 11.5 Å². The molecule has 1 aromatic heterocycles. The first kappa shape index (κ1) is 9.66. The van der Waals surface area contributed by atoms with E-state index in [-0.39, 0.29) is 0 Å². The highest BCUT2D eigenvalue weighted by atomic mass is 15.0. The van der Waals surface area contributed by atoms with Gasteiger partial charge in [0.2, 0.25) is 0 Å². The van der Waals surface area contributed by atoms with Crippen molar-refractivity contribution in [1.82, 2.24) is 10.3 Å². The van der Waals surface area contributed by atoms with Gasteiger partial charge in [-0.3, -0.25) is 4.98 Å². The van der Waals surface area contributed by atoms with Crippen molar-refractivity contribution in [3.05, 3.63) is 30.1 Å². The van der Waals surface area contributed by atoms with Crippen LogP contribution in [0.1, 0.15) is 32.3 Å². The molecule has 2 heterocycles. The normalized spacial score (nSPS) is 32.0. The van der Waals surface area contributed by atoms with Gasteiger partial charge >= 0.3 is 0 Å². The Hall–Kier alpha value is -0.890. The van der Waals surface area contributed by atoms with Crippen LogP contribution < -0.4 is 5.32 Å². The summed E-state index contributed by atoms with van der Waals surface area (Å²) in [4.78, 5) is 4.08. The maximum Gasteiger partial charge on any atom is 0.0270 e. The number of aromatic nitrogens is 1. The zero-order valence-corrected chi connectivity index (χ0v) is 8.96. The second-order valence-electron chi connectivity index (χ2n) is 4.32. The standard InChI is InChI=1S/C12H18N2/c1-3-11-12(2,6-9-14-11)10-4-7-13-8-5-10/h4-5,7-8,11,14H,3,6,9H2,1-2H3. The smallest absolute Gasteiger partial charge is 0.0270 e. The van der Waals surface area contributed by atoms with Crippen molar-refractivity contribution < 1.29 is 0 Å². The van der Waals surface area contributed by atoms with Crippen LogP contribution in [0.2, 0.25) is 0 Å². The lowest BCUT2D eigenvalue weighted by molar-refractivity contribution is 0.392. The molecule has 2 heteroatoms. The Morgan fingerprint density at radius 2 is 2.21 bits per heavy atom. The van der Waals surface area contributed by atoms with Gasteiger partial charge in [-0.2, -0.15) is 0 Å². The molecule has 0 aromatic carbocycles. The summed E-state index contributed by atoms with van der Waals surface area (Å²) in [6.45, 7) is 5.75. The molecular formula is C12H18N2. The van der Waals surface area contributed by atoms with Gasteiger partial charge in [0.15, 0.2) is 0 Å². The quantitative estimate of drug-likeness (QED) is 0.772. The Morgan fingerprint density at radius 1 is 1.50 bits per heavy atom. The highest BCUT2D eigenvalue weighted by Crippen LogP contribution is 2.35. The fraction of sp³-hybridized carbons (Fsp3) is 0.583. The minimum absolute atomic E-state index is 0.303. The van der Waals surface area contributed by atoms with E-state index in [1.807, 2.05) is 12.4 Å². The molecule has 1 aliphatic rings. The second kappa shape index (κ2) is 3.70. The molecule has 76 valence electrons. The molecule has 0 radical (unpaired) electrons. The zero-order chi connectivity index (χ0) is 10.0. The van der Waals surface area contributed by atoms with E-state index in [1.165, 1.54) is 18.4 Å². The average molecular weight is 190 g/mol. The van der Waals surface area contributed by atoms with Gasteiger partial charge in [-0.15, -0.1) is 0 Å². The lowest BCUT2D eigenvalue weighted by atomic mass is 9.75. The fourth-order valence-electron chi connectivity index (χ4n) is 2.58. The van der Waals surface area contributed by atoms with Crippen molar-refractivity contribution in [3.63, 3.8) is 0 Å². The molecule has 1 aliphatic heterocycles. The second-order valence-corrected chi connectivity index (χ2v) is 4.32. The van der Waals surface area contributed by atoms with E-state index >= 15 is 0 Å². The molecule has 0 spiro atoms. The van der Waals surface area contributed by atoms with Crippen LogP contribution in [0.4, 0.5) is 0 Å². The molecular weight excluding hydrogens is 172 g/mol. The van der Waals surface area contributed by atoms with Gasteiger partial charge in [0, 0.05) is 23.9 Å². The number of pyridine rings is 1. The van der Waals surface area contributed by atoms with Crippen LogP contribution in [-0.4, -0.2) is 17.6 Å². The predicted molar refractivity (Wildman–Crippen MR) is 58.3 cm³/mol. The highest BCUT2D eigenvalue weighted by molar-refractivity contribution is 5.26. The van der Waals surface area contributed by atoms with Crippen molar-refractivity contribution in [2.45, 2.75) is 38.1 Å². The number of nitrogens with one attached hydrogen (secondary N) is 1. The average Bonchev–Trinajstić information content (AvgIpc) is 2.62. The summed E-state index contributed by atoms with van der Waals surface area (Å²) in [5.74, 6) is 0. The van der Waals surface area contributed by atoms with Gasteiger partial charge in [0.1, 0.15) is 0 Å². The largest absolute Gasteiger partial charge is 0.313 e. The van der Waals surface area contributed by atoms with Crippen molar-refractivity contribution in [3.8, 4) is 0 Å². The van der Waals surface area contributed by atoms with E-state index in [9.17, 15) is 0 Å². The van der Waals surface area contributed by atoms with E-state index in [2.05, 4.69) is 36.3 Å². The SMILES string of the molecule is CCC1NCCC1(C)c1ccncc1. The molecule has 0 bridgehead atoms. The van der Waals surface area contributed by atoms with Gasteiger partial charge in [-0.25, -0.2) is 0 Å². The summed E-state index contributed by atoms with van der Waals surface area (Å²) in [5.41, 5.74) is 1.72. The molecule has 2 atom stereocenters. The summed E-state index contributed by atoms with van der Waals surface area (Å²) < 4.78 is 0. The number of hydrogen-bond acceptors (Lipinski definition) is 2. The lowest BCUT2D eigenvalue weighted by Gasteiger charge is -2.30. The number of nitrogens with zero attached hydrogens (tertiary/aromatic N) is 1. The summed E-state index contributed by atoms with van der Waals surface area (Å²) in [7, 11) is 0. The molecule has 2 rings (SSSR count). The fourth-order valence-corrected chi connectivity index (χ4v) is 2.58. The van der Waals surface area contributed by atoms with Crippen molar-refractivity contribution >= 4 is 0 Å². The van der Waals surface area contributed by atoms with Gasteiger partial charge in [-0.05, 0) is 37.1 Å². The molecule has 1 aromatic rings. The Labute approximate surface area is 85.7 Å². The molecule has 1 fully saturated rings. The maximum atomic E-state index is 4.08. The third kappa shape index (κ3) is 1.44. The van der Waals surface area contributed by atoms with Crippen LogP contribution >= 0.6 is 0 Å². The molecule has 2 unspecified atom stereocenters. The lowest BCUT2D eigenvalue weighted by Crippen LogP contribution is -2.37. The Bertz CT molecular complexity index is 296. The zero-order valence-electron chi connectivity index (χ0n) is 8.96. The molecule has 2 nitrogen and oxygen atoms in total. The molecule has 0 amide bonds. The Balaban J connectivity index is 2.31. The third-order valence-corrected chi connectivity index (χ3v) is 3.55. The number of hydrogen-bond donors (Lipinski definition) is 1. The van der Waals surface area contributed by atoms with Crippen LogP contribution in [-0.2, 0) is 5.41 Å². The van der Waals surface area contributed by atoms with Crippen LogP contribution in [0.25, 0.3) is 0 Å². The highest BCUT2D eigenvalue weighted by Gasteiger charge is 2.38. The monoisotopic (exact) mass is 190 g/mol. The minimum atomic E-state index is 0.303. The Morgan fingerprint density at radius 3 is 2.86 bits per heavy atom. The van der Waals surface area contributed by atoms with Crippen LogP contribution in [0.5, 0.6) is 0 Å². The molecule has 14 heavy (non-hydrogen) atoms. The first-order chi connectivity index (χ1) is 6.77. The van der Waals surface area contributed by atoms with Gasteiger partial charge in [-0.1, -0.05) is 13.8 Å². The first-order valence-electron chi connectivity index (χ1n) is 5.41. The predicted octanol–water partition coefficient (Wildman–Crippen LogP) is 2.11. The first-order valence-corrected chi connectivity index (χ1v) is 5.41. The van der Waals surface area contributed by atoms with Gasteiger partial charge < -0.3 is 5.32 Å². The molecule has 1 saturated heterocycles.